The maximum Gasteiger partial charge on any atom is 0.251 e. The molecule has 2 aliphatic heterocycles. The van der Waals surface area contributed by atoms with Gasteiger partial charge in [-0.15, -0.1) is 0 Å². The molecule has 3 unspecified atom stereocenters. The zero-order valence-electron chi connectivity index (χ0n) is 44.3. The molecule has 0 aliphatic carbocycles. The predicted octanol–water partition coefficient (Wildman–Crippen LogP) is 2.70. The van der Waals surface area contributed by atoms with Crippen LogP contribution in [0.2, 0.25) is 0 Å². The highest BCUT2D eigenvalue weighted by atomic mass is 16.2. The van der Waals surface area contributed by atoms with Crippen LogP contribution in [-0.2, 0) is 28.8 Å². The van der Waals surface area contributed by atoms with Crippen molar-refractivity contribution >= 4 is 52.9 Å². The van der Waals surface area contributed by atoms with Crippen LogP contribution in [0, 0.1) is 10.8 Å². The van der Waals surface area contributed by atoms with Crippen LogP contribution in [0.25, 0.3) is 0 Å². The lowest BCUT2D eigenvalue weighted by Crippen LogP contribution is -2.59. The van der Waals surface area contributed by atoms with Crippen molar-refractivity contribution < 1.29 is 38.4 Å². The summed E-state index contributed by atoms with van der Waals surface area (Å²) in [5.74, 6) is -3.89. The fourth-order valence-corrected chi connectivity index (χ4v) is 9.01. The van der Waals surface area contributed by atoms with E-state index in [1.54, 1.807) is 27.9 Å². The Labute approximate surface area is 429 Å². The second-order valence-electron chi connectivity index (χ2n) is 21.6. The fourth-order valence-electron chi connectivity index (χ4n) is 9.01. The lowest BCUT2D eigenvalue weighted by Gasteiger charge is -2.36. The molecule has 0 radical (unpaired) electrons. The Morgan fingerprint density at radius 2 is 0.877 bits per heavy atom. The summed E-state index contributed by atoms with van der Waals surface area (Å²) >= 11 is 0. The second kappa shape index (κ2) is 24.2. The van der Waals surface area contributed by atoms with E-state index in [9.17, 15) is 38.4 Å². The predicted molar refractivity (Wildman–Crippen MR) is 279 cm³/mol. The van der Waals surface area contributed by atoms with E-state index in [0.717, 1.165) is 11.1 Å². The van der Waals surface area contributed by atoms with Gasteiger partial charge < -0.3 is 58.1 Å². The number of nitrogens with one attached hydrogen (secondary N) is 8. The number of amides is 8. The van der Waals surface area contributed by atoms with Crippen LogP contribution < -0.4 is 48.3 Å². The van der Waals surface area contributed by atoms with Crippen LogP contribution in [-0.4, -0.2) is 133 Å². The Balaban J connectivity index is 1.37. The van der Waals surface area contributed by atoms with Gasteiger partial charge in [-0.2, -0.15) is 0 Å². The molecule has 3 aromatic carbocycles. The van der Waals surface area contributed by atoms with Gasteiger partial charge in [0.15, 0.2) is 0 Å². The molecule has 19 nitrogen and oxygen atoms in total. The maximum absolute atomic E-state index is 14.6. The number of carbonyl (C=O) groups excluding carboxylic acids is 8. The van der Waals surface area contributed by atoms with Gasteiger partial charge in [0.2, 0.25) is 35.4 Å². The molecule has 73 heavy (non-hydrogen) atoms. The Hall–Kier alpha value is -6.86. The molecule has 5 rings (SSSR count). The summed E-state index contributed by atoms with van der Waals surface area (Å²) in [4.78, 5) is 115. The Morgan fingerprint density at radius 1 is 0.534 bits per heavy atom. The van der Waals surface area contributed by atoms with E-state index in [0.29, 0.717) is 0 Å². The Morgan fingerprint density at radius 3 is 1.19 bits per heavy atom. The van der Waals surface area contributed by atoms with Crippen molar-refractivity contribution in [1.29, 1.82) is 0 Å². The number of hydrogen-bond donors (Lipinski definition) is 9. The molecule has 10 N–H and O–H groups in total. The molecule has 0 spiro atoms. The molecule has 3 aromatic rings. The first kappa shape index (κ1) is 57.0. The van der Waals surface area contributed by atoms with E-state index < -0.39 is 119 Å². The van der Waals surface area contributed by atoms with Gasteiger partial charge in [0.1, 0.15) is 24.2 Å². The van der Waals surface area contributed by atoms with Crippen molar-refractivity contribution in [3.63, 3.8) is 0 Å². The summed E-state index contributed by atoms with van der Waals surface area (Å²) in [5, 5.41) is 23.5. The van der Waals surface area contributed by atoms with Crippen molar-refractivity contribution in [1.82, 2.24) is 52.3 Å². The summed E-state index contributed by atoms with van der Waals surface area (Å²) in [5.41, 5.74) is 6.66. The number of carbonyl (C=O) groups is 8. The van der Waals surface area contributed by atoms with Crippen LogP contribution in [0.3, 0.4) is 0 Å². The largest absolute Gasteiger partial charge is 0.399 e. The summed E-state index contributed by atoms with van der Waals surface area (Å²) in [6.07, 6.45) is 0.0878. The SMILES string of the molecule is CN[C@@H](C)C(=O)N[C@@H](C(=O)N1C[C@@H](NC(=O)c2cc(N)cc(C(=O)N[C@H]3C[C@@H](C(=O)NC(C)c4ccccc4)N(C(=O)[C@H](NC(=O)[C@H](C)NC)C(C)(C)C)C3)c2)CC1C(=O)NC(C)c1ccccc1)C(C)(C)C. The average molecular weight is 1010 g/mol. The molecule has 0 saturated carbocycles. The second-order valence-corrected chi connectivity index (χ2v) is 21.6. The van der Waals surface area contributed by atoms with Crippen LogP contribution in [0.4, 0.5) is 5.69 Å². The molecule has 0 bridgehead atoms. The van der Waals surface area contributed by atoms with Gasteiger partial charge in [0, 0.05) is 42.0 Å². The molecule has 8 amide bonds. The van der Waals surface area contributed by atoms with Crippen molar-refractivity contribution in [2.45, 2.75) is 142 Å². The quantitative estimate of drug-likeness (QED) is 0.0837. The lowest BCUT2D eigenvalue weighted by molar-refractivity contribution is -0.144. The van der Waals surface area contributed by atoms with Crippen LogP contribution in [0.1, 0.15) is 126 Å². The van der Waals surface area contributed by atoms with Crippen molar-refractivity contribution in [3.05, 3.63) is 101 Å². The highest BCUT2D eigenvalue weighted by molar-refractivity contribution is 6.02. The number of rotatable bonds is 18. The molecular formula is C54H77N11O8. The minimum atomic E-state index is -1.03. The van der Waals surface area contributed by atoms with Crippen LogP contribution in [0.15, 0.2) is 78.9 Å². The minimum Gasteiger partial charge on any atom is -0.399 e. The molecule has 2 heterocycles. The van der Waals surface area contributed by atoms with Gasteiger partial charge in [-0.3, -0.25) is 38.4 Å². The number of nitrogens with zero attached hydrogens (tertiary/aromatic N) is 2. The third-order valence-corrected chi connectivity index (χ3v) is 13.7. The van der Waals surface area contributed by atoms with Crippen LogP contribution >= 0.6 is 0 Å². The number of anilines is 1. The van der Waals surface area contributed by atoms with E-state index in [1.165, 1.54) is 28.0 Å². The zero-order valence-corrected chi connectivity index (χ0v) is 44.3. The minimum absolute atomic E-state index is 0.0319. The third kappa shape index (κ3) is 14.7. The monoisotopic (exact) mass is 1010 g/mol. The van der Waals surface area contributed by atoms with E-state index in [2.05, 4.69) is 42.5 Å². The first-order chi connectivity index (χ1) is 34.2. The van der Waals surface area contributed by atoms with E-state index in [-0.39, 0.29) is 42.7 Å². The first-order valence-corrected chi connectivity index (χ1v) is 25.0. The smallest absolute Gasteiger partial charge is 0.251 e. The van der Waals surface area contributed by atoms with Gasteiger partial charge in [-0.25, -0.2) is 0 Å². The molecule has 396 valence electrons. The third-order valence-electron chi connectivity index (χ3n) is 13.7. The molecule has 10 atom stereocenters. The summed E-state index contributed by atoms with van der Waals surface area (Å²) in [6.45, 7) is 17.8. The highest BCUT2D eigenvalue weighted by Crippen LogP contribution is 2.30. The molecule has 19 heteroatoms. The van der Waals surface area contributed by atoms with E-state index >= 15 is 0 Å². The number of likely N-dealkylation sites (tertiary alicyclic amines) is 2. The van der Waals surface area contributed by atoms with Gasteiger partial charge in [-0.05, 0) is 94.8 Å². The van der Waals surface area contributed by atoms with Gasteiger partial charge >= 0.3 is 0 Å². The summed E-state index contributed by atoms with van der Waals surface area (Å²) in [6, 6.07) is 15.3. The molecule has 2 saturated heterocycles. The molecular weight excluding hydrogens is 931 g/mol. The van der Waals surface area contributed by atoms with Crippen LogP contribution in [0.5, 0.6) is 0 Å². The number of benzene rings is 3. The van der Waals surface area contributed by atoms with Crippen molar-refractivity contribution in [3.8, 4) is 0 Å². The van der Waals surface area contributed by atoms with Crippen molar-refractivity contribution in [2.75, 3.05) is 32.9 Å². The fraction of sp³-hybridized carbons (Fsp3) is 0.519. The topological polar surface area (TPSA) is 265 Å². The highest BCUT2D eigenvalue weighted by Gasteiger charge is 2.47. The summed E-state index contributed by atoms with van der Waals surface area (Å²) in [7, 11) is 3.27. The Bertz CT molecular complexity index is 2310. The number of nitrogen functional groups attached to an aromatic ring is 1. The lowest BCUT2D eigenvalue weighted by atomic mass is 9.85. The number of likely N-dealkylation sites (N-methyl/N-ethyl adjacent to an activating group) is 2. The zero-order chi connectivity index (χ0) is 54.1. The van der Waals surface area contributed by atoms with Gasteiger partial charge in [0.05, 0.1) is 24.2 Å². The molecule has 2 fully saturated rings. The number of nitrogens with two attached hydrogens (primary N) is 1. The Kier molecular flexibility index (Phi) is 18.9. The first-order valence-electron chi connectivity index (χ1n) is 25.0. The normalized spacial score (nSPS) is 20.3. The molecule has 0 aromatic heterocycles. The average Bonchev–Trinajstić information content (AvgIpc) is 3.98. The van der Waals surface area contributed by atoms with Gasteiger partial charge in [-0.1, -0.05) is 102 Å². The maximum atomic E-state index is 14.6. The summed E-state index contributed by atoms with van der Waals surface area (Å²) < 4.78 is 0. The van der Waals surface area contributed by atoms with E-state index in [4.69, 9.17) is 5.73 Å². The standard InChI is InChI=1S/C54H77N11O8/c1-30(34-19-15-13-16-20-34)58-49(70)41-26-39(28-64(41)51(72)43(53(5,6)7)62-45(66)32(3)56-11)60-47(68)36-23-37(25-38(55)24-36)48(69)61-40-27-42(50(71)59-31(2)35-21-17-14-18-22-35)65(29-40)52(73)44(54(8,9)10)63-46(67)33(4)57-12/h13-25,30-33,39-44,56-57H,26-29,55H2,1-12H3,(H,58,70)(H,59,71)(H,60,68)(H,61,69)(H,62,66)(H,63,67)/t30?,31?,32-,33-,39-,40-,41-,42?,43-,44-/m0/s1. The van der Waals surface area contributed by atoms with Crippen molar-refractivity contribution in [2.24, 2.45) is 10.8 Å². The van der Waals surface area contributed by atoms with E-state index in [1.807, 2.05) is 116 Å². The van der Waals surface area contributed by atoms with Gasteiger partial charge in [0.25, 0.3) is 11.8 Å². The number of hydrogen-bond acceptors (Lipinski definition) is 11. The molecule has 2 aliphatic rings.